The van der Waals surface area contributed by atoms with Crippen LogP contribution in [0, 0.1) is 6.92 Å². The fourth-order valence-electron chi connectivity index (χ4n) is 2.51. The van der Waals surface area contributed by atoms with Crippen LogP contribution in [0.2, 0.25) is 0 Å². The van der Waals surface area contributed by atoms with Gasteiger partial charge in [-0.3, -0.25) is 9.48 Å². The summed E-state index contributed by atoms with van der Waals surface area (Å²) in [4.78, 5) is 11.5. The fourth-order valence-corrected chi connectivity index (χ4v) is 2.51. The number of hydrogen-bond acceptors (Lipinski definition) is 4. The molecule has 0 saturated carbocycles. The molecule has 0 fully saturated rings. The highest BCUT2D eigenvalue weighted by molar-refractivity contribution is 5.95. The number of carbonyl (C=O) groups is 1. The van der Waals surface area contributed by atoms with Gasteiger partial charge in [-0.2, -0.15) is 5.10 Å². The highest BCUT2D eigenvalue weighted by atomic mass is 16.1. The van der Waals surface area contributed by atoms with E-state index in [-0.39, 0.29) is 5.91 Å². The van der Waals surface area contributed by atoms with Crippen molar-refractivity contribution in [3.8, 4) is 0 Å². The smallest absolute Gasteiger partial charge is 0.224 e. The van der Waals surface area contributed by atoms with Crippen LogP contribution in [0.1, 0.15) is 23.2 Å². The normalized spacial score (nSPS) is 13.7. The number of nitrogens with one attached hydrogen (secondary N) is 2. The van der Waals surface area contributed by atoms with Crippen LogP contribution in [0.15, 0.2) is 18.3 Å². The molecule has 6 nitrogen and oxygen atoms in total. The van der Waals surface area contributed by atoms with E-state index in [0.717, 1.165) is 34.6 Å². The molecular formula is C15H19N5O. The molecule has 0 spiro atoms. The second-order valence-electron chi connectivity index (χ2n) is 5.38. The van der Waals surface area contributed by atoms with Crippen LogP contribution in [0.5, 0.6) is 0 Å². The van der Waals surface area contributed by atoms with Crippen molar-refractivity contribution in [2.45, 2.75) is 26.3 Å². The topological polar surface area (TPSA) is 85.0 Å². The molecule has 0 aliphatic carbocycles. The predicted octanol–water partition coefficient (Wildman–Crippen LogP) is 1.81. The van der Waals surface area contributed by atoms with Gasteiger partial charge in [-0.25, -0.2) is 0 Å². The third-order valence-corrected chi connectivity index (χ3v) is 3.98. The maximum atomic E-state index is 11.5. The van der Waals surface area contributed by atoms with Gasteiger partial charge in [0, 0.05) is 37.0 Å². The minimum atomic E-state index is 0.0568. The number of rotatable bonds is 3. The summed E-state index contributed by atoms with van der Waals surface area (Å²) in [5.74, 6) is 0.0568. The Labute approximate surface area is 123 Å². The Hall–Kier alpha value is -2.50. The summed E-state index contributed by atoms with van der Waals surface area (Å²) in [6, 6.07) is 3.85. The molecule has 1 aromatic carbocycles. The number of benzene rings is 1. The lowest BCUT2D eigenvalue weighted by atomic mass is 10.0. The van der Waals surface area contributed by atoms with Crippen LogP contribution in [-0.4, -0.2) is 15.7 Å². The largest absolute Gasteiger partial charge is 0.397 e. The highest BCUT2D eigenvalue weighted by Crippen LogP contribution is 2.31. The van der Waals surface area contributed by atoms with E-state index in [9.17, 15) is 4.79 Å². The van der Waals surface area contributed by atoms with Crippen LogP contribution in [0.3, 0.4) is 0 Å². The van der Waals surface area contributed by atoms with Crippen molar-refractivity contribution in [2.24, 2.45) is 7.05 Å². The van der Waals surface area contributed by atoms with Gasteiger partial charge in [-0.05, 0) is 31.0 Å². The van der Waals surface area contributed by atoms with E-state index in [1.165, 1.54) is 0 Å². The van der Waals surface area contributed by atoms with Gasteiger partial charge in [0.2, 0.25) is 5.91 Å². The molecule has 2 aromatic rings. The van der Waals surface area contributed by atoms with Gasteiger partial charge < -0.3 is 16.4 Å². The van der Waals surface area contributed by atoms with Crippen molar-refractivity contribution in [3.63, 3.8) is 0 Å². The lowest BCUT2D eigenvalue weighted by Gasteiger charge is -2.19. The molecule has 1 aliphatic heterocycles. The molecule has 3 rings (SSSR count). The zero-order chi connectivity index (χ0) is 15.0. The molecule has 1 aromatic heterocycles. The van der Waals surface area contributed by atoms with Gasteiger partial charge in [0.15, 0.2) is 0 Å². The molecular weight excluding hydrogens is 266 g/mol. The summed E-state index contributed by atoms with van der Waals surface area (Å²) < 4.78 is 1.84. The number of anilines is 3. The van der Waals surface area contributed by atoms with E-state index in [2.05, 4.69) is 15.7 Å². The second-order valence-corrected chi connectivity index (χ2v) is 5.38. The maximum Gasteiger partial charge on any atom is 0.224 e. The van der Waals surface area contributed by atoms with Gasteiger partial charge in [0.25, 0.3) is 0 Å². The Kier molecular flexibility index (Phi) is 3.29. The SMILES string of the molecule is Cc1c(CNc2cc3c(cc2N)CCC(=O)N3)cnn1C. The van der Waals surface area contributed by atoms with Crippen LogP contribution < -0.4 is 16.4 Å². The number of nitrogens with zero attached hydrogens (tertiary/aromatic N) is 2. The van der Waals surface area contributed by atoms with Crippen LogP contribution in [0.4, 0.5) is 17.1 Å². The molecule has 0 radical (unpaired) electrons. The summed E-state index contributed by atoms with van der Waals surface area (Å²) in [7, 11) is 1.92. The van der Waals surface area contributed by atoms with Gasteiger partial charge >= 0.3 is 0 Å². The number of nitrogens with two attached hydrogens (primary N) is 1. The third-order valence-electron chi connectivity index (χ3n) is 3.98. The predicted molar refractivity (Wildman–Crippen MR) is 83.1 cm³/mol. The highest BCUT2D eigenvalue weighted by Gasteiger charge is 2.16. The van der Waals surface area contributed by atoms with Crippen molar-refractivity contribution in [1.82, 2.24) is 9.78 Å². The van der Waals surface area contributed by atoms with Gasteiger partial charge in [-0.1, -0.05) is 0 Å². The Bertz CT molecular complexity index is 704. The van der Waals surface area contributed by atoms with Crippen LogP contribution in [0.25, 0.3) is 0 Å². The summed E-state index contributed by atoms with van der Waals surface area (Å²) in [5.41, 5.74) is 11.8. The van der Waals surface area contributed by atoms with Gasteiger partial charge in [-0.15, -0.1) is 0 Å². The Balaban J connectivity index is 1.81. The van der Waals surface area contributed by atoms with E-state index < -0.39 is 0 Å². The molecule has 2 heterocycles. The zero-order valence-electron chi connectivity index (χ0n) is 12.2. The van der Waals surface area contributed by atoms with E-state index in [0.29, 0.717) is 18.7 Å². The first-order chi connectivity index (χ1) is 10.0. The van der Waals surface area contributed by atoms with Crippen molar-refractivity contribution < 1.29 is 4.79 Å². The molecule has 21 heavy (non-hydrogen) atoms. The first-order valence-corrected chi connectivity index (χ1v) is 6.98. The molecule has 1 amide bonds. The fraction of sp³-hybridized carbons (Fsp3) is 0.333. The minimum absolute atomic E-state index is 0.0568. The number of carbonyl (C=O) groups excluding carboxylic acids is 1. The summed E-state index contributed by atoms with van der Waals surface area (Å²) in [6.07, 6.45) is 3.11. The quantitative estimate of drug-likeness (QED) is 0.751. The molecule has 0 unspecified atom stereocenters. The summed E-state index contributed by atoms with van der Waals surface area (Å²) in [6.45, 7) is 2.68. The lowest BCUT2D eigenvalue weighted by Crippen LogP contribution is -2.19. The number of aryl methyl sites for hydroxylation is 2. The van der Waals surface area contributed by atoms with E-state index in [4.69, 9.17) is 5.73 Å². The number of hydrogen-bond donors (Lipinski definition) is 3. The van der Waals surface area contributed by atoms with Crippen molar-refractivity contribution in [1.29, 1.82) is 0 Å². The molecule has 0 bridgehead atoms. The summed E-state index contributed by atoms with van der Waals surface area (Å²) >= 11 is 0. The van der Waals surface area contributed by atoms with Crippen molar-refractivity contribution >= 4 is 23.0 Å². The monoisotopic (exact) mass is 285 g/mol. The average molecular weight is 285 g/mol. The minimum Gasteiger partial charge on any atom is -0.397 e. The Morgan fingerprint density at radius 1 is 1.43 bits per heavy atom. The molecule has 4 N–H and O–H groups in total. The number of amides is 1. The van der Waals surface area contributed by atoms with E-state index in [1.54, 1.807) is 0 Å². The summed E-state index contributed by atoms with van der Waals surface area (Å²) in [5, 5.41) is 10.4. The Morgan fingerprint density at radius 2 is 2.24 bits per heavy atom. The van der Waals surface area contributed by atoms with E-state index >= 15 is 0 Å². The molecule has 0 saturated heterocycles. The molecule has 1 aliphatic rings. The first kappa shape index (κ1) is 13.5. The number of nitrogen functional groups attached to an aromatic ring is 1. The molecule has 0 atom stereocenters. The van der Waals surface area contributed by atoms with Crippen LogP contribution >= 0.6 is 0 Å². The first-order valence-electron chi connectivity index (χ1n) is 6.98. The second kappa shape index (κ2) is 5.12. The molecule has 110 valence electrons. The molecule has 6 heteroatoms. The van der Waals surface area contributed by atoms with Crippen molar-refractivity contribution in [3.05, 3.63) is 35.2 Å². The lowest BCUT2D eigenvalue weighted by molar-refractivity contribution is -0.116. The van der Waals surface area contributed by atoms with Crippen molar-refractivity contribution in [2.75, 3.05) is 16.4 Å². The Morgan fingerprint density at radius 3 is 2.95 bits per heavy atom. The average Bonchev–Trinajstić information content (AvgIpc) is 2.77. The van der Waals surface area contributed by atoms with Gasteiger partial charge in [0.05, 0.1) is 17.6 Å². The number of aromatic nitrogens is 2. The number of fused-ring (bicyclic) bond motifs is 1. The van der Waals surface area contributed by atoms with Gasteiger partial charge in [0.1, 0.15) is 0 Å². The van der Waals surface area contributed by atoms with E-state index in [1.807, 2.05) is 37.0 Å². The zero-order valence-corrected chi connectivity index (χ0v) is 12.2. The third kappa shape index (κ3) is 2.56. The van der Waals surface area contributed by atoms with Crippen LogP contribution in [-0.2, 0) is 24.8 Å². The standard InChI is InChI=1S/C15H19N5O/c1-9-11(8-18-20(9)2)7-17-14-6-13-10(5-12(14)16)3-4-15(21)19-13/h5-6,8,17H,3-4,7,16H2,1-2H3,(H,19,21). The maximum absolute atomic E-state index is 11.5.